The Morgan fingerprint density at radius 1 is 1.33 bits per heavy atom. The average Bonchev–Trinajstić information content (AvgIpc) is 2.27. The number of nitrogens with zero attached hydrogens (tertiary/aromatic N) is 1. The fourth-order valence-corrected chi connectivity index (χ4v) is 1.47. The van der Waals surface area contributed by atoms with Gasteiger partial charge < -0.3 is 10.2 Å². The zero-order chi connectivity index (χ0) is 13.7. The second kappa shape index (κ2) is 6.23. The summed E-state index contributed by atoms with van der Waals surface area (Å²) in [5.41, 5.74) is -0.0998. The van der Waals surface area contributed by atoms with E-state index in [2.05, 4.69) is 0 Å². The van der Waals surface area contributed by atoms with Crippen molar-refractivity contribution in [2.45, 2.75) is 12.8 Å². The maximum atomic E-state index is 11.7. The Labute approximate surface area is 108 Å². The quantitative estimate of drug-likeness (QED) is 0.561. The number of halogens is 1. The van der Waals surface area contributed by atoms with Crippen molar-refractivity contribution in [3.8, 4) is 5.75 Å². The number of phenols is 1. The van der Waals surface area contributed by atoms with Crippen LogP contribution in [0.5, 0.6) is 5.75 Å². The minimum Gasteiger partial charge on any atom is -0.507 e. The molecule has 1 aromatic carbocycles. The van der Waals surface area contributed by atoms with Gasteiger partial charge in [0.25, 0.3) is 5.91 Å². The van der Waals surface area contributed by atoms with Crippen molar-refractivity contribution >= 4 is 23.5 Å². The largest absolute Gasteiger partial charge is 0.507 e. The van der Waals surface area contributed by atoms with Crippen LogP contribution in [-0.4, -0.2) is 38.9 Å². The lowest BCUT2D eigenvalue weighted by atomic mass is 10.2. The van der Waals surface area contributed by atoms with Crippen LogP contribution in [0.15, 0.2) is 18.2 Å². The van der Waals surface area contributed by atoms with E-state index < -0.39 is 11.9 Å². The highest BCUT2D eigenvalue weighted by Crippen LogP contribution is 2.22. The van der Waals surface area contributed by atoms with Crippen LogP contribution in [0.1, 0.15) is 23.2 Å². The minimum absolute atomic E-state index is 0.0998. The SMILES string of the molecule is O=C(O)CCCN(O)C(=O)c1ccc(Cl)cc1O. The predicted molar refractivity (Wildman–Crippen MR) is 62.8 cm³/mol. The van der Waals surface area contributed by atoms with Crippen molar-refractivity contribution in [3.63, 3.8) is 0 Å². The van der Waals surface area contributed by atoms with E-state index in [4.69, 9.17) is 16.7 Å². The third-order valence-corrected chi connectivity index (χ3v) is 2.42. The van der Waals surface area contributed by atoms with Gasteiger partial charge in [0.1, 0.15) is 5.75 Å². The number of hydrogen-bond donors (Lipinski definition) is 3. The Morgan fingerprint density at radius 2 is 2.00 bits per heavy atom. The molecule has 0 aromatic heterocycles. The van der Waals surface area contributed by atoms with Crippen LogP contribution < -0.4 is 0 Å². The summed E-state index contributed by atoms with van der Waals surface area (Å²) in [4.78, 5) is 22.0. The Bertz CT molecular complexity index is 463. The van der Waals surface area contributed by atoms with Crippen molar-refractivity contribution in [2.24, 2.45) is 0 Å². The molecule has 0 saturated heterocycles. The summed E-state index contributed by atoms with van der Waals surface area (Å²) in [5.74, 6) is -2.16. The van der Waals surface area contributed by atoms with Gasteiger partial charge in [-0.2, -0.15) is 0 Å². The number of aliphatic carboxylic acids is 1. The highest BCUT2D eigenvalue weighted by atomic mass is 35.5. The van der Waals surface area contributed by atoms with E-state index in [0.717, 1.165) is 0 Å². The van der Waals surface area contributed by atoms with Gasteiger partial charge >= 0.3 is 5.97 Å². The molecular formula is C11H12ClNO5. The molecule has 98 valence electrons. The zero-order valence-electron chi connectivity index (χ0n) is 9.34. The number of carboxylic acid groups (broad SMARTS) is 1. The number of carbonyl (C=O) groups is 2. The molecule has 0 unspecified atom stereocenters. The van der Waals surface area contributed by atoms with E-state index in [1.165, 1.54) is 18.2 Å². The Balaban J connectivity index is 2.65. The van der Waals surface area contributed by atoms with Crippen molar-refractivity contribution in [1.82, 2.24) is 5.06 Å². The lowest BCUT2D eigenvalue weighted by Gasteiger charge is -2.15. The topological polar surface area (TPSA) is 98.1 Å². The second-order valence-electron chi connectivity index (χ2n) is 3.59. The third kappa shape index (κ3) is 3.90. The summed E-state index contributed by atoms with van der Waals surface area (Å²) in [5, 5.41) is 28.0. The van der Waals surface area contributed by atoms with Crippen molar-refractivity contribution in [2.75, 3.05) is 6.54 Å². The summed E-state index contributed by atoms with van der Waals surface area (Å²) >= 11 is 5.61. The van der Waals surface area contributed by atoms with Gasteiger partial charge in [0.15, 0.2) is 0 Å². The number of phenolic OH excluding ortho intramolecular Hbond substituents is 1. The summed E-state index contributed by atoms with van der Waals surface area (Å²) in [6.45, 7) is -0.132. The molecule has 3 N–H and O–H groups in total. The first-order valence-corrected chi connectivity index (χ1v) is 5.50. The van der Waals surface area contributed by atoms with Crippen LogP contribution in [0.4, 0.5) is 0 Å². The molecule has 1 amide bonds. The van der Waals surface area contributed by atoms with Gasteiger partial charge in [0.2, 0.25) is 0 Å². The highest BCUT2D eigenvalue weighted by Gasteiger charge is 2.17. The Kier molecular flexibility index (Phi) is 4.94. The van der Waals surface area contributed by atoms with Gasteiger partial charge in [-0.3, -0.25) is 14.8 Å². The molecule has 7 heteroatoms. The van der Waals surface area contributed by atoms with E-state index in [0.29, 0.717) is 5.06 Å². The molecule has 0 aliphatic rings. The van der Waals surface area contributed by atoms with Gasteiger partial charge in [0.05, 0.1) is 5.56 Å². The van der Waals surface area contributed by atoms with Gasteiger partial charge in [-0.1, -0.05) is 11.6 Å². The van der Waals surface area contributed by atoms with E-state index in [1.807, 2.05) is 0 Å². The number of aromatic hydroxyl groups is 1. The summed E-state index contributed by atoms with van der Waals surface area (Å²) in [6.07, 6.45) is -0.0388. The fraction of sp³-hybridized carbons (Fsp3) is 0.273. The van der Waals surface area contributed by atoms with E-state index in [1.54, 1.807) is 0 Å². The maximum absolute atomic E-state index is 11.7. The van der Waals surface area contributed by atoms with Crippen LogP contribution in [0.25, 0.3) is 0 Å². The van der Waals surface area contributed by atoms with Crippen molar-refractivity contribution < 1.29 is 25.0 Å². The Morgan fingerprint density at radius 3 is 2.56 bits per heavy atom. The minimum atomic E-state index is -1.01. The average molecular weight is 274 g/mol. The Hall–Kier alpha value is -1.79. The molecule has 0 saturated carbocycles. The summed E-state index contributed by atoms with van der Waals surface area (Å²) < 4.78 is 0. The van der Waals surface area contributed by atoms with Crippen LogP contribution in [-0.2, 0) is 4.79 Å². The van der Waals surface area contributed by atoms with E-state index >= 15 is 0 Å². The van der Waals surface area contributed by atoms with Crippen molar-refractivity contribution in [3.05, 3.63) is 28.8 Å². The van der Waals surface area contributed by atoms with Crippen LogP contribution in [0, 0.1) is 0 Å². The van der Waals surface area contributed by atoms with Crippen LogP contribution in [0.3, 0.4) is 0 Å². The number of amides is 1. The van der Waals surface area contributed by atoms with Gasteiger partial charge in [-0.25, -0.2) is 5.06 Å². The summed E-state index contributed by atoms with van der Waals surface area (Å²) in [6, 6.07) is 3.86. The highest BCUT2D eigenvalue weighted by molar-refractivity contribution is 6.30. The molecule has 1 aromatic rings. The van der Waals surface area contributed by atoms with Crippen molar-refractivity contribution in [1.29, 1.82) is 0 Å². The molecule has 0 bridgehead atoms. The number of carbonyl (C=O) groups excluding carboxylic acids is 1. The first-order valence-electron chi connectivity index (χ1n) is 5.13. The molecule has 6 nitrogen and oxygen atoms in total. The summed E-state index contributed by atoms with van der Waals surface area (Å²) in [7, 11) is 0. The third-order valence-electron chi connectivity index (χ3n) is 2.19. The second-order valence-corrected chi connectivity index (χ2v) is 4.02. The van der Waals surface area contributed by atoms with Gasteiger partial charge in [-0.15, -0.1) is 0 Å². The monoisotopic (exact) mass is 273 g/mol. The number of hydrogen-bond acceptors (Lipinski definition) is 4. The molecule has 0 aliphatic heterocycles. The van der Waals surface area contributed by atoms with E-state index in [9.17, 15) is 19.9 Å². The van der Waals surface area contributed by atoms with Crippen LogP contribution in [0.2, 0.25) is 5.02 Å². The number of benzene rings is 1. The molecule has 18 heavy (non-hydrogen) atoms. The normalized spacial score (nSPS) is 10.1. The molecule has 0 aliphatic carbocycles. The first-order chi connectivity index (χ1) is 8.41. The lowest BCUT2D eigenvalue weighted by molar-refractivity contribution is -0.137. The van der Waals surface area contributed by atoms with Crippen LogP contribution >= 0.6 is 11.6 Å². The maximum Gasteiger partial charge on any atom is 0.303 e. The molecule has 0 heterocycles. The molecule has 1 rings (SSSR count). The first kappa shape index (κ1) is 14.3. The molecule has 0 radical (unpaired) electrons. The van der Waals surface area contributed by atoms with Gasteiger partial charge in [0, 0.05) is 18.0 Å². The molecule has 0 spiro atoms. The lowest BCUT2D eigenvalue weighted by Crippen LogP contribution is -2.28. The predicted octanol–water partition coefficient (Wildman–Crippen LogP) is 1.74. The van der Waals surface area contributed by atoms with Gasteiger partial charge in [-0.05, 0) is 24.6 Å². The molecular weight excluding hydrogens is 262 g/mol. The standard InChI is InChI=1S/C11H12ClNO5/c12-7-3-4-8(9(14)6-7)11(17)13(18)5-1-2-10(15)16/h3-4,6,14,18H,1-2,5H2,(H,15,16). The number of hydroxylamine groups is 2. The smallest absolute Gasteiger partial charge is 0.303 e. The fourth-order valence-electron chi connectivity index (χ4n) is 1.31. The molecule has 0 fully saturated rings. The number of rotatable bonds is 5. The molecule has 0 atom stereocenters. The zero-order valence-corrected chi connectivity index (χ0v) is 10.1. The number of carboxylic acids is 1. The van der Waals surface area contributed by atoms with E-state index in [-0.39, 0.29) is 35.7 Å².